The van der Waals surface area contributed by atoms with Crippen LogP contribution >= 0.6 is 0 Å². The lowest BCUT2D eigenvalue weighted by Gasteiger charge is -2.34. The highest BCUT2D eigenvalue weighted by Crippen LogP contribution is 2.31. The van der Waals surface area contributed by atoms with Crippen LogP contribution in [-0.2, 0) is 6.42 Å². The molecule has 2 aromatic heterocycles. The zero-order chi connectivity index (χ0) is 14.9. The van der Waals surface area contributed by atoms with Gasteiger partial charge in [-0.05, 0) is 23.8 Å². The summed E-state index contributed by atoms with van der Waals surface area (Å²) in [6.07, 6.45) is 5.34. The van der Waals surface area contributed by atoms with E-state index in [1.54, 1.807) is 0 Å². The Bertz CT molecular complexity index is 720. The topological polar surface area (TPSA) is 4.41 Å². The second kappa shape index (κ2) is 5.38. The summed E-state index contributed by atoms with van der Waals surface area (Å²) in [7, 11) is 6.83. The van der Waals surface area contributed by atoms with Crippen LogP contribution in [0, 0.1) is 0 Å². The van der Waals surface area contributed by atoms with Gasteiger partial charge in [0.2, 0.25) is 0 Å². The summed E-state index contributed by atoms with van der Waals surface area (Å²) in [5, 5.41) is 0. The van der Waals surface area contributed by atoms with Gasteiger partial charge in [-0.1, -0.05) is 36.4 Å². The van der Waals surface area contributed by atoms with Crippen LogP contribution < -0.4 is 0 Å². The van der Waals surface area contributed by atoms with Crippen LogP contribution in [-0.4, -0.2) is 30.0 Å². The average Bonchev–Trinajstić information content (AvgIpc) is 2.88. The molecule has 2 nitrogen and oxygen atoms in total. The third kappa shape index (κ3) is 2.86. The quantitative estimate of drug-likeness (QED) is 0.637. The Morgan fingerprint density at radius 3 is 2.29 bits per heavy atom. The smallest absolute Gasteiger partial charge is 0.120 e. The largest absolute Gasteiger partial charge is 0.324 e. The lowest BCUT2D eigenvalue weighted by atomic mass is 9.97. The van der Waals surface area contributed by atoms with Gasteiger partial charge < -0.3 is 8.88 Å². The van der Waals surface area contributed by atoms with E-state index in [2.05, 4.69) is 92.5 Å². The highest BCUT2D eigenvalue weighted by molar-refractivity contribution is 5.56. The van der Waals surface area contributed by atoms with E-state index < -0.39 is 0 Å². The summed E-state index contributed by atoms with van der Waals surface area (Å²) in [5.74, 6) is 0. The Balaban J connectivity index is 2.04. The standard InChI is InChI=1S/C19H23N2/c1-21(2,3)19(15-16-9-5-4-6-10-16)17-12-14-20-13-8-7-11-18(17)20/h4-14,19H,15H2,1-3H3/q+1. The highest BCUT2D eigenvalue weighted by Gasteiger charge is 2.28. The van der Waals surface area contributed by atoms with Gasteiger partial charge in [0.05, 0.1) is 26.7 Å². The van der Waals surface area contributed by atoms with Crippen molar-refractivity contribution in [2.24, 2.45) is 0 Å². The van der Waals surface area contributed by atoms with Crippen LogP contribution in [0.3, 0.4) is 0 Å². The predicted octanol–water partition coefficient (Wildman–Crippen LogP) is 3.93. The van der Waals surface area contributed by atoms with Crippen molar-refractivity contribution in [2.75, 3.05) is 21.1 Å². The molecule has 0 bridgehead atoms. The summed E-state index contributed by atoms with van der Waals surface area (Å²) >= 11 is 0. The van der Waals surface area contributed by atoms with Crippen molar-refractivity contribution in [3.63, 3.8) is 0 Å². The Morgan fingerprint density at radius 1 is 0.857 bits per heavy atom. The molecular weight excluding hydrogens is 256 g/mol. The molecule has 1 atom stereocenters. The first-order chi connectivity index (χ1) is 10.1. The molecule has 0 amide bonds. The normalized spacial score (nSPS) is 13.5. The first-order valence-corrected chi connectivity index (χ1v) is 7.46. The molecule has 0 radical (unpaired) electrons. The number of aromatic nitrogens is 1. The molecule has 0 saturated heterocycles. The van der Waals surface area contributed by atoms with Gasteiger partial charge in [-0.3, -0.25) is 0 Å². The third-order valence-corrected chi connectivity index (χ3v) is 4.17. The lowest BCUT2D eigenvalue weighted by molar-refractivity contribution is -0.902. The van der Waals surface area contributed by atoms with Crippen molar-refractivity contribution in [2.45, 2.75) is 12.5 Å². The monoisotopic (exact) mass is 279 g/mol. The molecular formula is C19H23N2+. The number of hydrogen-bond donors (Lipinski definition) is 0. The molecule has 21 heavy (non-hydrogen) atoms. The maximum absolute atomic E-state index is 2.28. The second-order valence-corrected chi connectivity index (χ2v) is 6.59. The average molecular weight is 279 g/mol. The van der Waals surface area contributed by atoms with Gasteiger partial charge in [0.1, 0.15) is 6.04 Å². The summed E-state index contributed by atoms with van der Waals surface area (Å²) < 4.78 is 3.13. The number of benzene rings is 1. The predicted molar refractivity (Wildman–Crippen MR) is 88.3 cm³/mol. The van der Waals surface area contributed by atoms with Gasteiger partial charge in [0.25, 0.3) is 0 Å². The molecule has 2 heterocycles. The molecule has 108 valence electrons. The summed E-state index contributed by atoms with van der Waals surface area (Å²) in [5.41, 5.74) is 4.13. The number of nitrogens with zero attached hydrogens (tertiary/aromatic N) is 2. The molecule has 0 aliphatic carbocycles. The van der Waals surface area contributed by atoms with Gasteiger partial charge >= 0.3 is 0 Å². The summed E-state index contributed by atoms with van der Waals surface area (Å²) in [6, 6.07) is 19.9. The fourth-order valence-electron chi connectivity index (χ4n) is 3.00. The van der Waals surface area contributed by atoms with Crippen molar-refractivity contribution in [1.29, 1.82) is 0 Å². The molecule has 3 aromatic rings. The number of hydrogen-bond acceptors (Lipinski definition) is 0. The minimum absolute atomic E-state index is 0.444. The van der Waals surface area contributed by atoms with E-state index in [0.29, 0.717) is 6.04 Å². The van der Waals surface area contributed by atoms with E-state index in [1.165, 1.54) is 16.6 Å². The summed E-state index contributed by atoms with van der Waals surface area (Å²) in [6.45, 7) is 0. The fourth-order valence-corrected chi connectivity index (χ4v) is 3.00. The fraction of sp³-hybridized carbons (Fsp3) is 0.263. The Kier molecular flexibility index (Phi) is 3.56. The SMILES string of the molecule is C[N+](C)(C)C(Cc1ccccc1)c1ccn2ccccc12. The van der Waals surface area contributed by atoms with Crippen LogP contribution in [0.2, 0.25) is 0 Å². The molecule has 0 saturated carbocycles. The molecule has 1 unspecified atom stereocenters. The van der Waals surface area contributed by atoms with Gasteiger partial charge in [-0.25, -0.2) is 0 Å². The molecule has 0 N–H and O–H groups in total. The van der Waals surface area contributed by atoms with Crippen molar-refractivity contribution >= 4 is 5.52 Å². The second-order valence-electron chi connectivity index (χ2n) is 6.59. The van der Waals surface area contributed by atoms with Crippen molar-refractivity contribution in [3.8, 4) is 0 Å². The number of rotatable bonds is 4. The molecule has 0 aliphatic heterocycles. The number of pyridine rings is 1. The van der Waals surface area contributed by atoms with Gasteiger partial charge in [-0.15, -0.1) is 0 Å². The maximum atomic E-state index is 2.28. The van der Waals surface area contributed by atoms with Crippen LogP contribution in [0.4, 0.5) is 0 Å². The van der Waals surface area contributed by atoms with Crippen LogP contribution in [0.5, 0.6) is 0 Å². The van der Waals surface area contributed by atoms with Gasteiger partial charge in [-0.2, -0.15) is 0 Å². The molecule has 1 aromatic carbocycles. The Hall–Kier alpha value is -2.06. The van der Waals surface area contributed by atoms with E-state index in [0.717, 1.165) is 10.9 Å². The lowest BCUT2D eigenvalue weighted by Crippen LogP contribution is -2.40. The van der Waals surface area contributed by atoms with Gasteiger partial charge in [0, 0.05) is 24.4 Å². The van der Waals surface area contributed by atoms with Crippen molar-refractivity contribution in [1.82, 2.24) is 4.40 Å². The zero-order valence-corrected chi connectivity index (χ0v) is 13.0. The number of likely N-dealkylation sites (N-methyl/N-ethyl adjacent to an activating group) is 1. The Labute approximate surface area is 126 Å². The van der Waals surface area contributed by atoms with Crippen LogP contribution in [0.25, 0.3) is 5.52 Å². The van der Waals surface area contributed by atoms with E-state index >= 15 is 0 Å². The molecule has 0 spiro atoms. The van der Waals surface area contributed by atoms with Crippen LogP contribution in [0.15, 0.2) is 67.0 Å². The number of quaternary nitrogens is 1. The van der Waals surface area contributed by atoms with E-state index in [4.69, 9.17) is 0 Å². The molecule has 2 heteroatoms. The zero-order valence-electron chi connectivity index (χ0n) is 13.0. The molecule has 3 rings (SSSR count). The minimum atomic E-state index is 0.444. The first kappa shape index (κ1) is 13.9. The third-order valence-electron chi connectivity index (χ3n) is 4.17. The van der Waals surface area contributed by atoms with Gasteiger partial charge in [0.15, 0.2) is 0 Å². The minimum Gasteiger partial charge on any atom is -0.324 e. The summed E-state index contributed by atoms with van der Waals surface area (Å²) in [4.78, 5) is 0. The highest BCUT2D eigenvalue weighted by atomic mass is 15.3. The van der Waals surface area contributed by atoms with Crippen molar-refractivity contribution in [3.05, 3.63) is 78.1 Å². The number of fused-ring (bicyclic) bond motifs is 1. The van der Waals surface area contributed by atoms with E-state index in [-0.39, 0.29) is 0 Å². The Morgan fingerprint density at radius 2 is 1.57 bits per heavy atom. The molecule has 0 fully saturated rings. The first-order valence-electron chi connectivity index (χ1n) is 7.46. The van der Waals surface area contributed by atoms with Crippen LogP contribution in [0.1, 0.15) is 17.2 Å². The molecule has 0 aliphatic rings. The van der Waals surface area contributed by atoms with E-state index in [1.807, 2.05) is 0 Å². The maximum Gasteiger partial charge on any atom is 0.120 e. The van der Waals surface area contributed by atoms with Crippen molar-refractivity contribution < 1.29 is 4.48 Å². The van der Waals surface area contributed by atoms with E-state index in [9.17, 15) is 0 Å².